The smallest absolute Gasteiger partial charge is 0.174 e. The van der Waals surface area contributed by atoms with Gasteiger partial charge in [-0.15, -0.1) is 0 Å². The van der Waals surface area contributed by atoms with Crippen LogP contribution in [0.5, 0.6) is 5.75 Å². The Morgan fingerprint density at radius 3 is 2.93 bits per heavy atom. The van der Waals surface area contributed by atoms with Gasteiger partial charge in [0.1, 0.15) is 5.75 Å². The molecule has 1 aromatic carbocycles. The third kappa shape index (κ3) is 1.80. The topological polar surface area (TPSA) is 37.9 Å². The molecule has 0 amide bonds. The molecule has 1 aromatic heterocycles. The van der Waals surface area contributed by atoms with E-state index in [1.807, 2.05) is 24.3 Å². The highest BCUT2D eigenvalue weighted by atomic mass is 79.9. The van der Waals surface area contributed by atoms with Crippen molar-refractivity contribution in [2.75, 3.05) is 7.11 Å². The van der Waals surface area contributed by atoms with Crippen LogP contribution in [0, 0.1) is 0 Å². The number of nitrogens with zero attached hydrogens (tertiary/aromatic N) is 1. The highest BCUT2D eigenvalue weighted by molar-refractivity contribution is 9.10. The Morgan fingerprint density at radius 1 is 1.43 bits per heavy atom. The normalized spacial score (nSPS) is 10.1. The first-order chi connectivity index (χ1) is 6.79. The molecule has 2 rings (SSSR count). The molecule has 1 heterocycles. The number of nitrogens with one attached hydrogen (secondary N) is 1. The van der Waals surface area contributed by atoms with Crippen molar-refractivity contribution in [2.45, 2.75) is 0 Å². The van der Waals surface area contributed by atoms with E-state index >= 15 is 0 Å². The van der Waals surface area contributed by atoms with Crippen LogP contribution in [-0.2, 0) is 0 Å². The monoisotopic (exact) mass is 252 g/mol. The Balaban J connectivity index is 2.41. The Bertz CT molecular complexity index is 439. The van der Waals surface area contributed by atoms with Crippen molar-refractivity contribution in [3.8, 4) is 17.0 Å². The Hall–Kier alpha value is -1.29. The number of imidazole rings is 1. The van der Waals surface area contributed by atoms with Gasteiger partial charge in [0.2, 0.25) is 0 Å². The zero-order valence-corrected chi connectivity index (χ0v) is 9.21. The molecule has 14 heavy (non-hydrogen) atoms. The maximum atomic E-state index is 5.14. The number of rotatable bonds is 2. The summed E-state index contributed by atoms with van der Waals surface area (Å²) in [7, 11) is 1.65. The third-order valence-electron chi connectivity index (χ3n) is 1.93. The molecule has 4 heteroatoms. The Morgan fingerprint density at radius 2 is 2.29 bits per heavy atom. The molecular formula is C10H9BrN2O. The van der Waals surface area contributed by atoms with Gasteiger partial charge < -0.3 is 9.72 Å². The lowest BCUT2D eigenvalue weighted by atomic mass is 10.1. The summed E-state index contributed by atoms with van der Waals surface area (Å²) in [6.07, 6.45) is 1.78. The number of halogens is 1. The van der Waals surface area contributed by atoms with Crippen LogP contribution in [-0.4, -0.2) is 17.1 Å². The lowest BCUT2D eigenvalue weighted by molar-refractivity contribution is 0.415. The second-order valence-corrected chi connectivity index (χ2v) is 3.57. The van der Waals surface area contributed by atoms with E-state index in [0.29, 0.717) is 0 Å². The maximum Gasteiger partial charge on any atom is 0.174 e. The molecule has 0 atom stereocenters. The summed E-state index contributed by atoms with van der Waals surface area (Å²) in [6.45, 7) is 0. The second-order valence-electron chi connectivity index (χ2n) is 2.82. The minimum absolute atomic E-state index is 0.732. The van der Waals surface area contributed by atoms with Gasteiger partial charge in [-0.3, -0.25) is 0 Å². The number of hydrogen-bond donors (Lipinski definition) is 1. The van der Waals surface area contributed by atoms with E-state index in [2.05, 4.69) is 25.9 Å². The first-order valence-electron chi connectivity index (χ1n) is 4.14. The molecule has 3 nitrogen and oxygen atoms in total. The van der Waals surface area contributed by atoms with Crippen LogP contribution in [0.2, 0.25) is 0 Å². The zero-order valence-electron chi connectivity index (χ0n) is 7.62. The minimum Gasteiger partial charge on any atom is -0.497 e. The molecule has 2 aromatic rings. The lowest BCUT2D eigenvalue weighted by Gasteiger charge is -2.01. The van der Waals surface area contributed by atoms with Crippen molar-refractivity contribution in [2.24, 2.45) is 0 Å². The zero-order chi connectivity index (χ0) is 9.97. The van der Waals surface area contributed by atoms with Crippen molar-refractivity contribution >= 4 is 15.9 Å². The fourth-order valence-electron chi connectivity index (χ4n) is 1.23. The van der Waals surface area contributed by atoms with Crippen molar-refractivity contribution in [3.63, 3.8) is 0 Å². The lowest BCUT2D eigenvalue weighted by Crippen LogP contribution is -1.83. The quantitative estimate of drug-likeness (QED) is 0.893. The predicted molar refractivity (Wildman–Crippen MR) is 58.3 cm³/mol. The fourth-order valence-corrected chi connectivity index (χ4v) is 1.55. The van der Waals surface area contributed by atoms with Gasteiger partial charge >= 0.3 is 0 Å². The molecular weight excluding hydrogens is 244 g/mol. The molecule has 0 saturated carbocycles. The van der Waals surface area contributed by atoms with Crippen LogP contribution in [0.1, 0.15) is 0 Å². The molecule has 0 fully saturated rings. The van der Waals surface area contributed by atoms with E-state index in [-0.39, 0.29) is 0 Å². The van der Waals surface area contributed by atoms with Gasteiger partial charge in [-0.2, -0.15) is 0 Å². The first-order valence-corrected chi connectivity index (χ1v) is 4.94. The third-order valence-corrected chi connectivity index (χ3v) is 2.33. The molecule has 0 aliphatic carbocycles. The summed E-state index contributed by atoms with van der Waals surface area (Å²) in [4.78, 5) is 7.16. The Labute approximate surface area is 90.3 Å². The fraction of sp³-hybridized carbons (Fsp3) is 0.100. The standard InChI is InChI=1S/C10H9BrN2O/c1-14-8-4-2-3-7(5-8)9-6-12-10(11)13-9/h2-6H,1H3,(H,12,13). The average molecular weight is 253 g/mol. The molecule has 0 unspecified atom stereocenters. The molecule has 1 N–H and O–H groups in total. The predicted octanol–water partition coefficient (Wildman–Crippen LogP) is 2.85. The van der Waals surface area contributed by atoms with Gasteiger partial charge in [0.25, 0.3) is 0 Å². The number of aromatic nitrogens is 2. The molecule has 0 aliphatic heterocycles. The molecule has 72 valence electrons. The molecule has 0 spiro atoms. The molecule has 0 radical (unpaired) electrons. The number of hydrogen-bond acceptors (Lipinski definition) is 2. The largest absolute Gasteiger partial charge is 0.497 e. The van der Waals surface area contributed by atoms with Crippen LogP contribution < -0.4 is 4.74 Å². The summed E-state index contributed by atoms with van der Waals surface area (Å²) in [5.74, 6) is 0.841. The van der Waals surface area contributed by atoms with Gasteiger partial charge in [-0.1, -0.05) is 12.1 Å². The van der Waals surface area contributed by atoms with Gasteiger partial charge in [0.15, 0.2) is 4.73 Å². The second kappa shape index (κ2) is 3.84. The van der Waals surface area contributed by atoms with E-state index in [0.717, 1.165) is 21.7 Å². The van der Waals surface area contributed by atoms with E-state index in [9.17, 15) is 0 Å². The number of ether oxygens (including phenoxy) is 1. The molecule has 0 aliphatic rings. The SMILES string of the molecule is COc1cccc(-c2cnc(Br)[nH]2)c1. The van der Waals surface area contributed by atoms with Crippen LogP contribution in [0.3, 0.4) is 0 Å². The summed E-state index contributed by atoms with van der Waals surface area (Å²) < 4.78 is 5.87. The summed E-state index contributed by atoms with van der Waals surface area (Å²) in [5.41, 5.74) is 2.03. The summed E-state index contributed by atoms with van der Waals surface area (Å²) in [6, 6.07) is 7.82. The first kappa shape index (κ1) is 9.27. The van der Waals surface area contributed by atoms with Gasteiger partial charge in [0, 0.05) is 5.56 Å². The van der Waals surface area contributed by atoms with Gasteiger partial charge in [-0.05, 0) is 28.1 Å². The van der Waals surface area contributed by atoms with Crippen molar-refractivity contribution in [3.05, 3.63) is 35.2 Å². The van der Waals surface area contributed by atoms with E-state index in [1.165, 1.54) is 0 Å². The number of benzene rings is 1. The number of H-pyrrole nitrogens is 1. The van der Waals surface area contributed by atoms with Crippen LogP contribution in [0.25, 0.3) is 11.3 Å². The van der Waals surface area contributed by atoms with Crippen LogP contribution in [0.15, 0.2) is 35.2 Å². The van der Waals surface area contributed by atoms with Crippen molar-refractivity contribution < 1.29 is 4.74 Å². The summed E-state index contributed by atoms with van der Waals surface area (Å²) >= 11 is 3.27. The highest BCUT2D eigenvalue weighted by Crippen LogP contribution is 2.22. The summed E-state index contributed by atoms with van der Waals surface area (Å²) in [5, 5.41) is 0. The maximum absolute atomic E-state index is 5.14. The average Bonchev–Trinajstić information content (AvgIpc) is 2.65. The van der Waals surface area contributed by atoms with Crippen molar-refractivity contribution in [1.82, 2.24) is 9.97 Å². The van der Waals surface area contributed by atoms with Gasteiger partial charge in [-0.25, -0.2) is 4.98 Å². The van der Waals surface area contributed by atoms with Crippen molar-refractivity contribution in [1.29, 1.82) is 0 Å². The number of methoxy groups -OCH3 is 1. The van der Waals surface area contributed by atoms with E-state index < -0.39 is 0 Å². The number of aromatic amines is 1. The highest BCUT2D eigenvalue weighted by Gasteiger charge is 2.01. The van der Waals surface area contributed by atoms with E-state index in [1.54, 1.807) is 13.3 Å². The van der Waals surface area contributed by atoms with Crippen LogP contribution in [0.4, 0.5) is 0 Å². The molecule has 0 bridgehead atoms. The minimum atomic E-state index is 0.732. The molecule has 0 saturated heterocycles. The Kier molecular flexibility index (Phi) is 2.54. The van der Waals surface area contributed by atoms with Crippen LogP contribution >= 0.6 is 15.9 Å². The van der Waals surface area contributed by atoms with E-state index in [4.69, 9.17) is 4.74 Å². The van der Waals surface area contributed by atoms with Gasteiger partial charge in [0.05, 0.1) is 19.0 Å².